The molecule has 22 heavy (non-hydrogen) atoms. The summed E-state index contributed by atoms with van der Waals surface area (Å²) in [5.74, 6) is -0.390. The van der Waals surface area contributed by atoms with Gasteiger partial charge in [0.1, 0.15) is 11.9 Å². The molecule has 1 aliphatic rings. The fourth-order valence-electron chi connectivity index (χ4n) is 2.33. The molecule has 1 aromatic rings. The molecule has 0 aliphatic carbocycles. The third-order valence-corrected chi connectivity index (χ3v) is 3.51. The number of hydrogen-bond acceptors (Lipinski definition) is 5. The van der Waals surface area contributed by atoms with E-state index in [4.69, 9.17) is 14.2 Å². The molecular formula is C15H21FN2O4. The van der Waals surface area contributed by atoms with Gasteiger partial charge in [-0.3, -0.25) is 4.90 Å². The highest BCUT2D eigenvalue weighted by Crippen LogP contribution is 2.27. The predicted octanol–water partition coefficient (Wildman–Crippen LogP) is 1.88. The third kappa shape index (κ3) is 3.66. The van der Waals surface area contributed by atoms with Gasteiger partial charge in [0, 0.05) is 27.8 Å². The van der Waals surface area contributed by atoms with Crippen molar-refractivity contribution in [3.63, 3.8) is 0 Å². The van der Waals surface area contributed by atoms with Crippen LogP contribution in [0.3, 0.4) is 0 Å². The summed E-state index contributed by atoms with van der Waals surface area (Å²) >= 11 is 0. The molecule has 1 fully saturated rings. The second-order valence-corrected chi connectivity index (χ2v) is 5.12. The molecule has 1 unspecified atom stereocenters. The molecule has 6 nitrogen and oxygen atoms in total. The monoisotopic (exact) mass is 312 g/mol. The van der Waals surface area contributed by atoms with Crippen LogP contribution in [-0.4, -0.2) is 59.8 Å². The zero-order valence-corrected chi connectivity index (χ0v) is 13.0. The molecule has 1 aliphatic heterocycles. The Hall–Kier alpha value is -1.86. The maximum atomic E-state index is 14.3. The van der Waals surface area contributed by atoms with Crippen LogP contribution in [0.4, 0.5) is 20.6 Å². The predicted molar refractivity (Wildman–Crippen MR) is 81.0 cm³/mol. The number of benzene rings is 1. The van der Waals surface area contributed by atoms with Gasteiger partial charge in [-0.25, -0.2) is 9.18 Å². The van der Waals surface area contributed by atoms with E-state index in [1.54, 1.807) is 38.3 Å². The molecule has 0 aromatic heterocycles. The summed E-state index contributed by atoms with van der Waals surface area (Å²) < 4.78 is 29.4. The third-order valence-electron chi connectivity index (χ3n) is 3.51. The van der Waals surface area contributed by atoms with Crippen LogP contribution in [0, 0.1) is 5.82 Å². The minimum absolute atomic E-state index is 0.322. The van der Waals surface area contributed by atoms with Gasteiger partial charge in [-0.05, 0) is 18.2 Å². The Morgan fingerprint density at radius 3 is 2.82 bits per heavy atom. The summed E-state index contributed by atoms with van der Waals surface area (Å²) in [6.45, 7) is 1.76. The van der Waals surface area contributed by atoms with Crippen molar-refractivity contribution < 1.29 is 23.4 Å². The maximum Gasteiger partial charge on any atom is 0.414 e. The van der Waals surface area contributed by atoms with Crippen molar-refractivity contribution in [3.8, 4) is 0 Å². The first kappa shape index (κ1) is 16.5. The molecule has 1 heterocycles. The Kier molecular flexibility index (Phi) is 5.57. The normalized spacial score (nSPS) is 17.7. The number of rotatable bonds is 7. The molecule has 1 atom stereocenters. The van der Waals surface area contributed by atoms with Crippen molar-refractivity contribution in [2.75, 3.05) is 57.4 Å². The second-order valence-electron chi connectivity index (χ2n) is 5.12. The van der Waals surface area contributed by atoms with E-state index in [-0.39, 0.29) is 11.9 Å². The van der Waals surface area contributed by atoms with E-state index in [0.717, 1.165) is 0 Å². The van der Waals surface area contributed by atoms with E-state index in [1.165, 1.54) is 11.0 Å². The van der Waals surface area contributed by atoms with E-state index in [1.807, 2.05) is 0 Å². The van der Waals surface area contributed by atoms with Gasteiger partial charge in [0.15, 0.2) is 0 Å². The lowest BCUT2D eigenvalue weighted by Gasteiger charge is -2.21. The summed E-state index contributed by atoms with van der Waals surface area (Å²) in [7, 11) is 4.93. The molecule has 1 amide bonds. The first-order valence-electron chi connectivity index (χ1n) is 7.03. The van der Waals surface area contributed by atoms with Crippen LogP contribution in [-0.2, 0) is 14.2 Å². The van der Waals surface area contributed by atoms with Gasteiger partial charge < -0.3 is 19.1 Å². The Bertz CT molecular complexity index is 526. The largest absolute Gasteiger partial charge is 0.441 e. The minimum atomic E-state index is -0.484. The van der Waals surface area contributed by atoms with Crippen LogP contribution in [0.1, 0.15) is 0 Å². The molecule has 0 saturated carbocycles. The van der Waals surface area contributed by atoms with E-state index < -0.39 is 6.09 Å². The zero-order valence-electron chi connectivity index (χ0n) is 13.0. The lowest BCUT2D eigenvalue weighted by Crippen LogP contribution is -2.26. The van der Waals surface area contributed by atoms with Crippen molar-refractivity contribution in [1.29, 1.82) is 0 Å². The highest BCUT2D eigenvalue weighted by molar-refractivity contribution is 5.90. The lowest BCUT2D eigenvalue weighted by molar-refractivity contribution is 0.0718. The molecule has 0 spiro atoms. The minimum Gasteiger partial charge on any atom is -0.441 e. The molecule has 2 rings (SSSR count). The lowest BCUT2D eigenvalue weighted by atomic mass is 10.2. The number of ether oxygens (including phenoxy) is 3. The highest BCUT2D eigenvalue weighted by Gasteiger charge is 2.32. The smallest absolute Gasteiger partial charge is 0.414 e. The van der Waals surface area contributed by atoms with Gasteiger partial charge >= 0.3 is 6.09 Å². The maximum absolute atomic E-state index is 14.3. The number of carbonyl (C=O) groups excluding carboxylic acids is 1. The van der Waals surface area contributed by atoms with Gasteiger partial charge in [0.25, 0.3) is 0 Å². The number of anilines is 2. The van der Waals surface area contributed by atoms with E-state index in [2.05, 4.69) is 0 Å². The number of carbonyl (C=O) groups is 1. The fraction of sp³-hybridized carbons (Fsp3) is 0.533. The van der Waals surface area contributed by atoms with Crippen molar-refractivity contribution in [1.82, 2.24) is 0 Å². The van der Waals surface area contributed by atoms with Crippen LogP contribution < -0.4 is 9.80 Å². The number of hydrogen-bond donors (Lipinski definition) is 0. The van der Waals surface area contributed by atoms with Gasteiger partial charge in [-0.1, -0.05) is 0 Å². The number of nitrogens with zero attached hydrogens (tertiary/aromatic N) is 2. The topological polar surface area (TPSA) is 51.2 Å². The fourth-order valence-corrected chi connectivity index (χ4v) is 2.33. The number of methoxy groups -OCH3 is 2. The van der Waals surface area contributed by atoms with E-state index >= 15 is 0 Å². The van der Waals surface area contributed by atoms with E-state index in [0.29, 0.717) is 37.7 Å². The van der Waals surface area contributed by atoms with Crippen molar-refractivity contribution in [2.24, 2.45) is 0 Å². The quantitative estimate of drug-likeness (QED) is 0.769. The van der Waals surface area contributed by atoms with Crippen molar-refractivity contribution >= 4 is 17.5 Å². The first-order chi connectivity index (χ1) is 10.6. The summed E-state index contributed by atoms with van der Waals surface area (Å²) in [4.78, 5) is 15.0. The van der Waals surface area contributed by atoms with Gasteiger partial charge in [-0.15, -0.1) is 0 Å². The highest BCUT2D eigenvalue weighted by atomic mass is 19.1. The Labute approximate surface area is 129 Å². The average Bonchev–Trinajstić information content (AvgIpc) is 2.85. The molecular weight excluding hydrogens is 291 g/mol. The van der Waals surface area contributed by atoms with Crippen LogP contribution in [0.15, 0.2) is 18.2 Å². The molecule has 1 saturated heterocycles. The van der Waals surface area contributed by atoms with Crippen LogP contribution in [0.25, 0.3) is 0 Å². The van der Waals surface area contributed by atoms with Crippen molar-refractivity contribution in [3.05, 3.63) is 24.0 Å². The van der Waals surface area contributed by atoms with Gasteiger partial charge in [0.2, 0.25) is 0 Å². The Morgan fingerprint density at radius 1 is 1.41 bits per heavy atom. The molecule has 7 heteroatoms. The van der Waals surface area contributed by atoms with Crippen LogP contribution >= 0.6 is 0 Å². The standard InChI is InChI=1S/C15H21FN2O4/c1-17(6-7-20-2)14-5-4-11(8-13(14)16)18-9-12(10-21-3)22-15(18)19/h4-5,8,12H,6-7,9-10H2,1-3H3. The van der Waals surface area contributed by atoms with Gasteiger partial charge in [0.05, 0.1) is 31.1 Å². The first-order valence-corrected chi connectivity index (χ1v) is 7.03. The summed E-state index contributed by atoms with van der Waals surface area (Å²) in [6, 6.07) is 4.70. The summed E-state index contributed by atoms with van der Waals surface area (Å²) in [5, 5.41) is 0. The van der Waals surface area contributed by atoms with Crippen molar-refractivity contribution in [2.45, 2.75) is 6.10 Å². The Balaban J connectivity index is 2.10. The molecule has 0 N–H and O–H groups in total. The number of cyclic esters (lactones) is 1. The number of likely N-dealkylation sites (N-methyl/N-ethyl adjacent to an activating group) is 1. The molecule has 0 radical (unpaired) electrons. The zero-order chi connectivity index (χ0) is 16.1. The molecule has 1 aromatic carbocycles. The van der Waals surface area contributed by atoms with E-state index in [9.17, 15) is 9.18 Å². The molecule has 0 bridgehead atoms. The Morgan fingerprint density at radius 2 is 2.18 bits per heavy atom. The summed E-state index contributed by atoms with van der Waals surface area (Å²) in [6.07, 6.45) is -0.813. The van der Waals surface area contributed by atoms with Crippen LogP contribution in [0.5, 0.6) is 0 Å². The SMILES string of the molecule is COCCN(C)c1ccc(N2CC(COC)OC2=O)cc1F. The average molecular weight is 312 g/mol. The number of amides is 1. The van der Waals surface area contributed by atoms with Crippen LogP contribution in [0.2, 0.25) is 0 Å². The molecule has 122 valence electrons. The second kappa shape index (κ2) is 7.42. The summed E-state index contributed by atoms with van der Waals surface area (Å²) in [5.41, 5.74) is 0.937. The number of halogens is 1. The van der Waals surface area contributed by atoms with Gasteiger partial charge in [-0.2, -0.15) is 0 Å².